The molecule has 27 heavy (non-hydrogen) atoms. The smallest absolute Gasteiger partial charge is 0.244 e. The van der Waals surface area contributed by atoms with Gasteiger partial charge in [-0.15, -0.1) is 0 Å². The van der Waals surface area contributed by atoms with Gasteiger partial charge in [-0.1, -0.05) is 29.5 Å². The molecular weight excluding hydrogens is 382 g/mol. The standard InChI is InChI=1S/C19H23N3O3S2/c1-14-5-7-17(15(2)11-14)21-18(23)13-26-19-8-6-16(12-20-19)27(24,25)22-9-3-4-10-22/h5-8,11-12H,3-4,9-10,13H2,1-2H3,(H,21,23). The molecule has 1 N–H and O–H groups in total. The number of carbonyl (C=O) groups excluding carboxylic acids is 1. The molecule has 1 aromatic carbocycles. The molecule has 1 amide bonds. The molecule has 2 aromatic rings. The fourth-order valence-corrected chi connectivity index (χ4v) is 5.07. The minimum atomic E-state index is -3.45. The highest BCUT2D eigenvalue weighted by Gasteiger charge is 2.27. The minimum absolute atomic E-state index is 0.123. The second kappa shape index (κ2) is 8.41. The van der Waals surface area contributed by atoms with Crippen molar-refractivity contribution in [3.05, 3.63) is 47.7 Å². The predicted octanol–water partition coefficient (Wildman–Crippen LogP) is 3.21. The van der Waals surface area contributed by atoms with E-state index in [-0.39, 0.29) is 16.6 Å². The van der Waals surface area contributed by atoms with Crippen molar-refractivity contribution < 1.29 is 13.2 Å². The lowest BCUT2D eigenvalue weighted by Crippen LogP contribution is -2.27. The van der Waals surface area contributed by atoms with E-state index in [0.717, 1.165) is 29.7 Å². The van der Waals surface area contributed by atoms with Crippen LogP contribution < -0.4 is 5.32 Å². The Morgan fingerprint density at radius 2 is 1.93 bits per heavy atom. The Kier molecular flexibility index (Phi) is 6.18. The number of anilines is 1. The predicted molar refractivity (Wildman–Crippen MR) is 107 cm³/mol. The topological polar surface area (TPSA) is 79.4 Å². The fraction of sp³-hybridized carbons (Fsp3) is 0.368. The third kappa shape index (κ3) is 4.88. The first-order valence-electron chi connectivity index (χ1n) is 8.82. The average Bonchev–Trinajstić information content (AvgIpc) is 3.18. The first-order chi connectivity index (χ1) is 12.9. The van der Waals surface area contributed by atoms with Crippen molar-refractivity contribution in [2.75, 3.05) is 24.2 Å². The number of thioether (sulfide) groups is 1. The highest BCUT2D eigenvalue weighted by atomic mass is 32.2. The van der Waals surface area contributed by atoms with Crippen LogP contribution in [0.4, 0.5) is 5.69 Å². The van der Waals surface area contributed by atoms with Crippen LogP contribution in [0.1, 0.15) is 24.0 Å². The van der Waals surface area contributed by atoms with Crippen LogP contribution in [0.2, 0.25) is 0 Å². The van der Waals surface area contributed by atoms with Gasteiger partial charge in [0.25, 0.3) is 0 Å². The molecule has 6 nitrogen and oxygen atoms in total. The van der Waals surface area contributed by atoms with Crippen molar-refractivity contribution in [3.8, 4) is 0 Å². The zero-order valence-corrected chi connectivity index (χ0v) is 17.1. The number of benzene rings is 1. The summed E-state index contributed by atoms with van der Waals surface area (Å²) < 4.78 is 26.5. The Balaban J connectivity index is 1.57. The Labute approximate surface area is 164 Å². The van der Waals surface area contributed by atoms with Crippen LogP contribution in [0, 0.1) is 13.8 Å². The molecule has 8 heteroatoms. The molecule has 2 heterocycles. The van der Waals surface area contributed by atoms with E-state index >= 15 is 0 Å². The number of amides is 1. The van der Waals surface area contributed by atoms with Crippen LogP contribution in [-0.2, 0) is 14.8 Å². The number of hydrogen-bond acceptors (Lipinski definition) is 5. The number of rotatable bonds is 6. The van der Waals surface area contributed by atoms with E-state index in [1.54, 1.807) is 12.1 Å². The molecule has 1 fully saturated rings. The highest BCUT2D eigenvalue weighted by Crippen LogP contribution is 2.23. The molecule has 0 atom stereocenters. The minimum Gasteiger partial charge on any atom is -0.325 e. The van der Waals surface area contributed by atoms with Gasteiger partial charge in [0.05, 0.1) is 10.8 Å². The highest BCUT2D eigenvalue weighted by molar-refractivity contribution is 7.99. The van der Waals surface area contributed by atoms with Gasteiger partial charge in [-0.05, 0) is 50.5 Å². The third-order valence-corrected chi connectivity index (χ3v) is 7.25. The summed E-state index contributed by atoms with van der Waals surface area (Å²) in [6, 6.07) is 9.08. The molecule has 1 aromatic heterocycles. The fourth-order valence-electron chi connectivity index (χ4n) is 2.96. The number of hydrogen-bond donors (Lipinski definition) is 1. The second-order valence-electron chi connectivity index (χ2n) is 6.60. The molecule has 3 rings (SSSR count). The van der Waals surface area contributed by atoms with Crippen LogP contribution in [0.5, 0.6) is 0 Å². The maximum Gasteiger partial charge on any atom is 0.244 e. The van der Waals surface area contributed by atoms with Crippen LogP contribution in [0.25, 0.3) is 0 Å². The summed E-state index contributed by atoms with van der Waals surface area (Å²) in [6.07, 6.45) is 3.17. The van der Waals surface area contributed by atoms with Crippen molar-refractivity contribution in [2.24, 2.45) is 0 Å². The summed E-state index contributed by atoms with van der Waals surface area (Å²) in [5, 5.41) is 3.51. The van der Waals surface area contributed by atoms with E-state index < -0.39 is 10.0 Å². The zero-order valence-electron chi connectivity index (χ0n) is 15.4. The summed E-state index contributed by atoms with van der Waals surface area (Å²) >= 11 is 1.28. The van der Waals surface area contributed by atoms with Gasteiger partial charge < -0.3 is 5.32 Å². The van der Waals surface area contributed by atoms with Gasteiger partial charge in [-0.25, -0.2) is 13.4 Å². The first-order valence-corrected chi connectivity index (χ1v) is 11.2. The van der Waals surface area contributed by atoms with Crippen molar-refractivity contribution in [1.82, 2.24) is 9.29 Å². The molecule has 1 aliphatic rings. The van der Waals surface area contributed by atoms with E-state index in [1.807, 2.05) is 32.0 Å². The van der Waals surface area contributed by atoms with E-state index in [4.69, 9.17) is 0 Å². The van der Waals surface area contributed by atoms with Crippen molar-refractivity contribution >= 4 is 33.4 Å². The maximum absolute atomic E-state index is 12.5. The normalized spacial score (nSPS) is 15.0. The van der Waals surface area contributed by atoms with Gasteiger partial charge in [-0.3, -0.25) is 4.79 Å². The lowest BCUT2D eigenvalue weighted by atomic mass is 10.1. The third-order valence-electron chi connectivity index (χ3n) is 4.42. The van der Waals surface area contributed by atoms with Crippen LogP contribution in [0.15, 0.2) is 46.5 Å². The average molecular weight is 406 g/mol. The Morgan fingerprint density at radius 3 is 2.56 bits per heavy atom. The Hall–Kier alpha value is -1.90. The quantitative estimate of drug-likeness (QED) is 0.747. The number of nitrogens with one attached hydrogen (secondary N) is 1. The van der Waals surface area contributed by atoms with Crippen LogP contribution in [0.3, 0.4) is 0 Å². The van der Waals surface area contributed by atoms with Gasteiger partial charge in [0, 0.05) is 25.0 Å². The van der Waals surface area contributed by atoms with Crippen molar-refractivity contribution in [3.63, 3.8) is 0 Å². The lowest BCUT2D eigenvalue weighted by Gasteiger charge is -2.15. The summed E-state index contributed by atoms with van der Waals surface area (Å²) in [5.41, 5.74) is 2.96. The summed E-state index contributed by atoms with van der Waals surface area (Å²) in [7, 11) is -3.45. The van der Waals surface area contributed by atoms with Gasteiger partial charge in [0.2, 0.25) is 15.9 Å². The lowest BCUT2D eigenvalue weighted by molar-refractivity contribution is -0.113. The van der Waals surface area contributed by atoms with E-state index in [2.05, 4.69) is 10.3 Å². The SMILES string of the molecule is Cc1ccc(NC(=O)CSc2ccc(S(=O)(=O)N3CCCC3)cn2)c(C)c1. The monoisotopic (exact) mass is 405 g/mol. The molecule has 144 valence electrons. The number of aryl methyl sites for hydroxylation is 2. The number of carbonyl (C=O) groups is 1. The van der Waals surface area contributed by atoms with E-state index in [1.165, 1.54) is 22.3 Å². The van der Waals surface area contributed by atoms with Crippen LogP contribution >= 0.6 is 11.8 Å². The van der Waals surface area contributed by atoms with Gasteiger partial charge in [-0.2, -0.15) is 4.31 Å². The summed E-state index contributed by atoms with van der Waals surface area (Å²) in [4.78, 5) is 16.6. The second-order valence-corrected chi connectivity index (χ2v) is 9.53. The molecule has 1 aliphatic heterocycles. The van der Waals surface area contributed by atoms with Gasteiger partial charge >= 0.3 is 0 Å². The molecule has 0 spiro atoms. The molecule has 0 radical (unpaired) electrons. The van der Waals surface area contributed by atoms with E-state index in [9.17, 15) is 13.2 Å². The molecule has 0 bridgehead atoms. The van der Waals surface area contributed by atoms with E-state index in [0.29, 0.717) is 18.1 Å². The number of pyridine rings is 1. The Bertz CT molecular complexity index is 922. The van der Waals surface area contributed by atoms with Crippen molar-refractivity contribution in [1.29, 1.82) is 0 Å². The number of nitrogens with zero attached hydrogens (tertiary/aromatic N) is 2. The maximum atomic E-state index is 12.5. The summed E-state index contributed by atoms with van der Waals surface area (Å²) in [5.74, 6) is 0.0842. The molecule has 0 aliphatic carbocycles. The Morgan fingerprint density at radius 1 is 1.19 bits per heavy atom. The van der Waals surface area contributed by atoms with Crippen LogP contribution in [-0.4, -0.2) is 42.5 Å². The summed E-state index contributed by atoms with van der Waals surface area (Å²) in [6.45, 7) is 5.10. The molecule has 0 unspecified atom stereocenters. The zero-order chi connectivity index (χ0) is 19.4. The van der Waals surface area contributed by atoms with Gasteiger partial charge in [0.15, 0.2) is 0 Å². The molecular formula is C19H23N3O3S2. The van der Waals surface area contributed by atoms with Gasteiger partial charge in [0.1, 0.15) is 4.90 Å². The first kappa shape index (κ1) is 19.9. The number of sulfonamides is 1. The largest absolute Gasteiger partial charge is 0.325 e. The number of aromatic nitrogens is 1. The molecule has 1 saturated heterocycles. The molecule has 0 saturated carbocycles. The van der Waals surface area contributed by atoms with Crippen molar-refractivity contribution in [2.45, 2.75) is 36.6 Å².